The Balaban J connectivity index is 1.60. The first-order valence-electron chi connectivity index (χ1n) is 10.7. The molecule has 0 aliphatic heterocycles. The van der Waals surface area contributed by atoms with Crippen molar-refractivity contribution in [1.82, 2.24) is 29.3 Å². The number of imidazole rings is 1. The van der Waals surface area contributed by atoms with Crippen molar-refractivity contribution in [2.75, 3.05) is 19.5 Å². The molecular weight excluding hydrogens is 413 g/mol. The van der Waals surface area contributed by atoms with Crippen molar-refractivity contribution in [3.8, 4) is 17.0 Å². The molecule has 4 aromatic rings. The molecule has 0 unspecified atom stereocenters. The third kappa shape index (κ3) is 3.41. The maximum atomic E-state index is 14.8. The molecule has 1 amide bonds. The summed E-state index contributed by atoms with van der Waals surface area (Å²) in [7, 11) is 3.07. The number of nitrogens with zero attached hydrogens (tertiary/aromatic N) is 5. The maximum Gasteiger partial charge on any atom is 0.269 e. The van der Waals surface area contributed by atoms with Crippen LogP contribution in [0.25, 0.3) is 22.3 Å². The topological polar surface area (TPSA) is 97.9 Å². The van der Waals surface area contributed by atoms with E-state index < -0.39 is 5.82 Å². The highest BCUT2D eigenvalue weighted by Gasteiger charge is 2.20. The van der Waals surface area contributed by atoms with E-state index in [1.165, 1.54) is 43.0 Å². The van der Waals surface area contributed by atoms with Gasteiger partial charge in [-0.3, -0.25) is 9.20 Å². The van der Waals surface area contributed by atoms with Gasteiger partial charge in [0.15, 0.2) is 11.5 Å². The SMILES string of the molecule is CNC(=O)c1cnc2c(F)cc(-c3ccn4nc(NC5CCCCC5)nc(OC)c34)cn12. The zero-order valence-corrected chi connectivity index (χ0v) is 17.9. The zero-order valence-electron chi connectivity index (χ0n) is 17.9. The van der Waals surface area contributed by atoms with Crippen molar-refractivity contribution >= 4 is 23.0 Å². The highest BCUT2D eigenvalue weighted by Crippen LogP contribution is 2.33. The number of amides is 1. The fourth-order valence-corrected chi connectivity index (χ4v) is 4.35. The van der Waals surface area contributed by atoms with Gasteiger partial charge in [-0.1, -0.05) is 19.3 Å². The maximum absolute atomic E-state index is 14.8. The quantitative estimate of drug-likeness (QED) is 0.497. The Morgan fingerprint density at radius 3 is 2.84 bits per heavy atom. The molecule has 1 aliphatic carbocycles. The van der Waals surface area contributed by atoms with Crippen LogP contribution in [0.5, 0.6) is 5.88 Å². The fraction of sp³-hybridized carbons (Fsp3) is 0.364. The van der Waals surface area contributed by atoms with Crippen molar-refractivity contribution in [2.24, 2.45) is 0 Å². The Kier molecular flexibility index (Phi) is 5.12. The summed E-state index contributed by atoms with van der Waals surface area (Å²) in [6.45, 7) is 0. The number of rotatable bonds is 5. The average molecular weight is 437 g/mol. The second-order valence-electron chi connectivity index (χ2n) is 7.94. The van der Waals surface area contributed by atoms with Crippen LogP contribution in [-0.2, 0) is 0 Å². The number of ether oxygens (including phenoxy) is 1. The molecule has 1 aliphatic rings. The van der Waals surface area contributed by atoms with Gasteiger partial charge in [0.25, 0.3) is 5.91 Å². The number of aromatic nitrogens is 5. The predicted octanol–water partition coefficient (Wildman–Crippen LogP) is 3.30. The average Bonchev–Trinajstić information content (AvgIpc) is 3.43. The lowest BCUT2D eigenvalue weighted by Gasteiger charge is -2.22. The fourth-order valence-electron chi connectivity index (χ4n) is 4.35. The number of pyridine rings is 1. The second-order valence-corrected chi connectivity index (χ2v) is 7.94. The molecule has 0 saturated heterocycles. The summed E-state index contributed by atoms with van der Waals surface area (Å²) < 4.78 is 23.5. The summed E-state index contributed by atoms with van der Waals surface area (Å²) in [6.07, 6.45) is 10.7. The van der Waals surface area contributed by atoms with E-state index in [1.807, 2.05) is 6.07 Å². The van der Waals surface area contributed by atoms with E-state index in [1.54, 1.807) is 24.0 Å². The van der Waals surface area contributed by atoms with E-state index >= 15 is 0 Å². The van der Waals surface area contributed by atoms with Gasteiger partial charge in [-0.05, 0) is 25.0 Å². The molecule has 5 rings (SSSR count). The number of carbonyl (C=O) groups excluding carboxylic acids is 1. The Morgan fingerprint density at radius 2 is 2.09 bits per heavy atom. The summed E-state index contributed by atoms with van der Waals surface area (Å²) in [6, 6.07) is 3.56. The number of hydrogen-bond acceptors (Lipinski definition) is 6. The third-order valence-corrected chi connectivity index (χ3v) is 5.94. The molecule has 4 heterocycles. The van der Waals surface area contributed by atoms with Crippen LogP contribution < -0.4 is 15.4 Å². The first-order valence-corrected chi connectivity index (χ1v) is 10.7. The summed E-state index contributed by atoms with van der Waals surface area (Å²) in [5.41, 5.74) is 2.17. The van der Waals surface area contributed by atoms with Crippen molar-refractivity contribution in [2.45, 2.75) is 38.1 Å². The first kappa shape index (κ1) is 20.2. The molecular formula is C22H24FN7O2. The number of carbonyl (C=O) groups is 1. The van der Waals surface area contributed by atoms with Gasteiger partial charge >= 0.3 is 0 Å². The van der Waals surface area contributed by atoms with E-state index in [4.69, 9.17) is 4.74 Å². The van der Waals surface area contributed by atoms with Crippen LogP contribution in [0, 0.1) is 5.82 Å². The monoisotopic (exact) mass is 437 g/mol. The molecule has 0 aromatic carbocycles. The number of hydrogen-bond donors (Lipinski definition) is 2. The lowest BCUT2D eigenvalue weighted by atomic mass is 9.96. The minimum atomic E-state index is -0.535. The largest absolute Gasteiger partial charge is 0.479 e. The summed E-state index contributed by atoms with van der Waals surface area (Å²) in [5, 5.41) is 10.6. The summed E-state index contributed by atoms with van der Waals surface area (Å²) in [5.74, 6) is 0.000112. The Labute approximate surface area is 183 Å². The van der Waals surface area contributed by atoms with Crippen molar-refractivity contribution in [1.29, 1.82) is 0 Å². The molecule has 166 valence electrons. The molecule has 1 fully saturated rings. The van der Waals surface area contributed by atoms with Gasteiger partial charge in [-0.15, -0.1) is 5.10 Å². The molecule has 10 heteroatoms. The molecule has 9 nitrogen and oxygen atoms in total. The van der Waals surface area contributed by atoms with E-state index in [0.717, 1.165) is 12.8 Å². The summed E-state index contributed by atoms with van der Waals surface area (Å²) in [4.78, 5) is 20.8. The van der Waals surface area contributed by atoms with Crippen LogP contribution in [0.1, 0.15) is 42.6 Å². The number of nitrogens with one attached hydrogen (secondary N) is 2. The molecule has 4 aromatic heterocycles. The minimum absolute atomic E-state index is 0.0815. The molecule has 32 heavy (non-hydrogen) atoms. The van der Waals surface area contributed by atoms with E-state index in [0.29, 0.717) is 34.5 Å². The number of methoxy groups -OCH3 is 1. The van der Waals surface area contributed by atoms with Gasteiger partial charge in [-0.25, -0.2) is 13.9 Å². The predicted molar refractivity (Wildman–Crippen MR) is 118 cm³/mol. The van der Waals surface area contributed by atoms with Gasteiger partial charge in [0.1, 0.15) is 11.2 Å². The van der Waals surface area contributed by atoms with E-state index in [-0.39, 0.29) is 17.2 Å². The smallest absolute Gasteiger partial charge is 0.269 e. The van der Waals surface area contributed by atoms with Gasteiger partial charge in [0.05, 0.1) is 13.3 Å². The normalized spacial score (nSPS) is 14.7. The second kappa shape index (κ2) is 8.10. The molecule has 0 radical (unpaired) electrons. The van der Waals surface area contributed by atoms with Crippen LogP contribution in [0.15, 0.2) is 30.7 Å². The lowest BCUT2D eigenvalue weighted by Crippen LogP contribution is -2.24. The third-order valence-electron chi connectivity index (χ3n) is 5.94. The first-order chi connectivity index (χ1) is 15.6. The summed E-state index contributed by atoms with van der Waals surface area (Å²) >= 11 is 0. The molecule has 0 spiro atoms. The van der Waals surface area contributed by atoms with Gasteiger partial charge in [0, 0.05) is 36.6 Å². The van der Waals surface area contributed by atoms with Crippen LogP contribution in [-0.4, -0.2) is 50.1 Å². The van der Waals surface area contributed by atoms with E-state index in [2.05, 4.69) is 25.7 Å². The van der Waals surface area contributed by atoms with Crippen LogP contribution >= 0.6 is 0 Å². The highest BCUT2D eigenvalue weighted by atomic mass is 19.1. The molecule has 0 atom stereocenters. The van der Waals surface area contributed by atoms with Gasteiger partial charge in [0.2, 0.25) is 11.8 Å². The highest BCUT2D eigenvalue weighted by molar-refractivity contribution is 5.93. The Morgan fingerprint density at radius 1 is 1.28 bits per heavy atom. The molecule has 2 N–H and O–H groups in total. The van der Waals surface area contributed by atoms with Crippen LogP contribution in [0.4, 0.5) is 10.3 Å². The zero-order chi connectivity index (χ0) is 22.2. The number of anilines is 1. The molecule has 1 saturated carbocycles. The number of fused-ring (bicyclic) bond motifs is 2. The van der Waals surface area contributed by atoms with Crippen molar-refractivity contribution < 1.29 is 13.9 Å². The van der Waals surface area contributed by atoms with Gasteiger partial charge < -0.3 is 15.4 Å². The lowest BCUT2D eigenvalue weighted by molar-refractivity contribution is 0.0957. The van der Waals surface area contributed by atoms with Crippen LogP contribution in [0.3, 0.4) is 0 Å². The minimum Gasteiger partial charge on any atom is -0.479 e. The van der Waals surface area contributed by atoms with Gasteiger partial charge in [-0.2, -0.15) is 4.98 Å². The van der Waals surface area contributed by atoms with Crippen molar-refractivity contribution in [3.05, 3.63) is 42.2 Å². The van der Waals surface area contributed by atoms with Crippen molar-refractivity contribution in [3.63, 3.8) is 0 Å². The van der Waals surface area contributed by atoms with E-state index in [9.17, 15) is 9.18 Å². The number of halogens is 1. The Hall–Kier alpha value is -3.69. The molecule has 0 bridgehead atoms. The van der Waals surface area contributed by atoms with Crippen LogP contribution in [0.2, 0.25) is 0 Å². The Bertz CT molecular complexity index is 1310. The standard InChI is InChI=1S/C22H24FN7O2/c1-24-20(31)17-11-25-19-16(23)10-13(12-29(17)19)15-8-9-30-18(15)21(32-2)27-22(28-30)26-14-6-4-3-5-7-14/h8-12,14H,3-7H2,1-2H3,(H,24,31)(H,26,28).